The summed E-state index contributed by atoms with van der Waals surface area (Å²) in [6, 6.07) is 4.89. The van der Waals surface area contributed by atoms with E-state index < -0.39 is 5.56 Å². The number of halogens is 1. The Morgan fingerprint density at radius 1 is 1.47 bits per heavy atom. The highest BCUT2D eigenvalue weighted by Crippen LogP contribution is 2.14. The zero-order valence-electron chi connectivity index (χ0n) is 7.87. The first-order valence-electron chi connectivity index (χ1n) is 4.28. The fourth-order valence-electron chi connectivity index (χ4n) is 1.29. The Balaban J connectivity index is 2.83. The molecule has 1 heterocycles. The van der Waals surface area contributed by atoms with Crippen molar-refractivity contribution in [2.75, 3.05) is 0 Å². The highest BCUT2D eigenvalue weighted by molar-refractivity contribution is 6.31. The van der Waals surface area contributed by atoms with Gasteiger partial charge < -0.3 is 4.98 Å². The number of nitrogens with one attached hydrogen (secondary N) is 1. The number of carbonyl (C=O) groups excluding carboxylic acids is 1. The minimum Gasteiger partial charge on any atom is -0.319 e. The predicted molar refractivity (Wildman–Crippen MR) is 57.4 cm³/mol. The Hall–Kier alpha value is -1.68. The smallest absolute Gasteiger partial charge is 0.278 e. The molecule has 0 amide bonds. The van der Waals surface area contributed by atoms with Crippen molar-refractivity contribution in [3.05, 3.63) is 39.3 Å². The van der Waals surface area contributed by atoms with Crippen LogP contribution in [0.4, 0.5) is 0 Å². The van der Waals surface area contributed by atoms with Crippen LogP contribution in [-0.4, -0.2) is 15.8 Å². The molecule has 15 heavy (non-hydrogen) atoms. The first-order chi connectivity index (χ1) is 7.08. The van der Waals surface area contributed by atoms with Crippen molar-refractivity contribution in [2.45, 2.75) is 6.92 Å². The number of aromatic amines is 1. The van der Waals surface area contributed by atoms with Crippen LogP contribution in [0.5, 0.6) is 0 Å². The summed E-state index contributed by atoms with van der Waals surface area (Å²) in [5.74, 6) is -0.363. The van der Waals surface area contributed by atoms with Crippen LogP contribution >= 0.6 is 11.6 Å². The number of H-pyrrole nitrogens is 1. The van der Waals surface area contributed by atoms with E-state index >= 15 is 0 Å². The lowest BCUT2D eigenvalue weighted by Crippen LogP contribution is -2.18. The Labute approximate surface area is 89.9 Å². The van der Waals surface area contributed by atoms with Crippen LogP contribution in [0.25, 0.3) is 11.0 Å². The summed E-state index contributed by atoms with van der Waals surface area (Å²) in [6.45, 7) is 1.30. The van der Waals surface area contributed by atoms with E-state index in [0.717, 1.165) is 0 Å². The fourth-order valence-corrected chi connectivity index (χ4v) is 1.46. The zero-order valence-corrected chi connectivity index (χ0v) is 8.63. The third-order valence-corrected chi connectivity index (χ3v) is 2.22. The molecule has 76 valence electrons. The second kappa shape index (κ2) is 3.47. The molecule has 0 aliphatic heterocycles. The van der Waals surface area contributed by atoms with Gasteiger partial charge in [-0.05, 0) is 18.2 Å². The van der Waals surface area contributed by atoms with Crippen LogP contribution in [0.1, 0.15) is 17.4 Å². The average molecular weight is 223 g/mol. The average Bonchev–Trinajstić information content (AvgIpc) is 2.17. The number of fused-ring (bicyclic) bond motifs is 1. The van der Waals surface area contributed by atoms with Crippen molar-refractivity contribution in [3.63, 3.8) is 0 Å². The lowest BCUT2D eigenvalue weighted by atomic mass is 10.2. The minimum atomic E-state index is -0.475. The van der Waals surface area contributed by atoms with Crippen LogP contribution in [0, 0.1) is 0 Å². The number of benzene rings is 1. The summed E-state index contributed by atoms with van der Waals surface area (Å²) in [7, 11) is 0. The number of hydrogen-bond donors (Lipinski definition) is 1. The number of Topliss-reactive ketones (excluding diaryl/α,β-unsaturated/α-hetero) is 1. The molecule has 0 bridgehead atoms. The fraction of sp³-hybridized carbons (Fsp3) is 0.100. The highest BCUT2D eigenvalue weighted by Gasteiger charge is 2.08. The number of carbonyl (C=O) groups is 1. The third-order valence-electron chi connectivity index (χ3n) is 1.99. The molecule has 0 atom stereocenters. The second-order valence-electron chi connectivity index (χ2n) is 3.13. The van der Waals surface area contributed by atoms with Crippen LogP contribution < -0.4 is 5.56 Å². The molecule has 0 radical (unpaired) electrons. The molecule has 0 unspecified atom stereocenters. The van der Waals surface area contributed by atoms with Crippen LogP contribution in [0.2, 0.25) is 5.02 Å². The van der Waals surface area contributed by atoms with Gasteiger partial charge in [0.05, 0.1) is 11.0 Å². The second-order valence-corrected chi connectivity index (χ2v) is 3.57. The molecule has 2 rings (SSSR count). The van der Waals surface area contributed by atoms with Crippen molar-refractivity contribution in [1.82, 2.24) is 9.97 Å². The van der Waals surface area contributed by atoms with E-state index in [1.807, 2.05) is 0 Å². The normalized spacial score (nSPS) is 10.5. The topological polar surface area (TPSA) is 62.8 Å². The van der Waals surface area contributed by atoms with Gasteiger partial charge in [0.2, 0.25) is 0 Å². The lowest BCUT2D eigenvalue weighted by Gasteiger charge is -1.99. The molecule has 0 spiro atoms. The maximum Gasteiger partial charge on any atom is 0.278 e. The quantitative estimate of drug-likeness (QED) is 0.748. The van der Waals surface area contributed by atoms with Gasteiger partial charge >= 0.3 is 0 Å². The summed E-state index contributed by atoms with van der Waals surface area (Å²) in [5.41, 5.74) is 0.504. The van der Waals surface area contributed by atoms with Gasteiger partial charge in [-0.2, -0.15) is 0 Å². The molecule has 5 heteroatoms. The largest absolute Gasteiger partial charge is 0.319 e. The number of ketones is 1. The SMILES string of the molecule is CC(=O)c1nc2cc(Cl)ccc2[nH]c1=O. The van der Waals surface area contributed by atoms with Gasteiger partial charge in [-0.3, -0.25) is 9.59 Å². The van der Waals surface area contributed by atoms with Gasteiger partial charge in [0.25, 0.3) is 5.56 Å². The predicted octanol–water partition coefficient (Wildman–Crippen LogP) is 1.78. The van der Waals surface area contributed by atoms with E-state index in [1.165, 1.54) is 6.92 Å². The number of nitrogens with zero attached hydrogens (tertiary/aromatic N) is 1. The van der Waals surface area contributed by atoms with Gasteiger partial charge in [-0.1, -0.05) is 11.6 Å². The number of hydrogen-bond acceptors (Lipinski definition) is 3. The molecule has 1 aromatic heterocycles. The molecule has 0 aliphatic carbocycles. The molecular weight excluding hydrogens is 216 g/mol. The van der Waals surface area contributed by atoms with Crippen molar-refractivity contribution < 1.29 is 4.79 Å². The maximum absolute atomic E-state index is 11.4. The summed E-state index contributed by atoms with van der Waals surface area (Å²) >= 11 is 5.77. The van der Waals surface area contributed by atoms with Crippen LogP contribution in [-0.2, 0) is 0 Å². The molecule has 1 aromatic carbocycles. The first kappa shape index (κ1) is 9.86. The molecule has 0 saturated heterocycles. The third kappa shape index (κ3) is 1.76. The molecule has 0 saturated carbocycles. The van der Waals surface area contributed by atoms with Crippen molar-refractivity contribution in [2.24, 2.45) is 0 Å². The van der Waals surface area contributed by atoms with Crippen LogP contribution in [0.15, 0.2) is 23.0 Å². The molecule has 1 N–H and O–H groups in total. The van der Waals surface area contributed by atoms with Crippen LogP contribution in [0.3, 0.4) is 0 Å². The highest BCUT2D eigenvalue weighted by atomic mass is 35.5. The lowest BCUT2D eigenvalue weighted by molar-refractivity contribution is 0.101. The number of aromatic nitrogens is 2. The monoisotopic (exact) mass is 222 g/mol. The van der Waals surface area contributed by atoms with Crippen molar-refractivity contribution in [3.8, 4) is 0 Å². The summed E-state index contributed by atoms with van der Waals surface area (Å²) < 4.78 is 0. The Bertz CT molecular complexity index is 604. The molecule has 4 nitrogen and oxygen atoms in total. The van der Waals surface area contributed by atoms with E-state index in [9.17, 15) is 9.59 Å². The van der Waals surface area contributed by atoms with Crippen molar-refractivity contribution >= 4 is 28.4 Å². The molecule has 2 aromatic rings. The van der Waals surface area contributed by atoms with E-state index in [-0.39, 0.29) is 11.5 Å². The Morgan fingerprint density at radius 3 is 2.87 bits per heavy atom. The van der Waals surface area contributed by atoms with Gasteiger partial charge in [-0.15, -0.1) is 0 Å². The van der Waals surface area contributed by atoms with Gasteiger partial charge in [0.15, 0.2) is 11.5 Å². The number of rotatable bonds is 1. The summed E-state index contributed by atoms with van der Waals surface area (Å²) in [4.78, 5) is 29.0. The van der Waals surface area contributed by atoms with Gasteiger partial charge in [-0.25, -0.2) is 4.98 Å². The minimum absolute atomic E-state index is 0.0928. The Morgan fingerprint density at radius 2 is 2.20 bits per heavy atom. The van der Waals surface area contributed by atoms with E-state index in [0.29, 0.717) is 16.1 Å². The van der Waals surface area contributed by atoms with E-state index in [4.69, 9.17) is 11.6 Å². The molecule has 0 fully saturated rings. The van der Waals surface area contributed by atoms with E-state index in [1.54, 1.807) is 18.2 Å². The van der Waals surface area contributed by atoms with Gasteiger partial charge in [0, 0.05) is 11.9 Å². The first-order valence-corrected chi connectivity index (χ1v) is 4.66. The summed E-state index contributed by atoms with van der Waals surface area (Å²) in [5, 5.41) is 0.511. The standard InChI is InChI=1S/C10H7ClN2O2/c1-5(14)9-10(15)13-7-3-2-6(11)4-8(7)12-9/h2-4H,1H3,(H,13,15). The van der Waals surface area contributed by atoms with E-state index in [2.05, 4.69) is 9.97 Å². The summed E-state index contributed by atoms with van der Waals surface area (Å²) in [6.07, 6.45) is 0. The maximum atomic E-state index is 11.4. The molecular formula is C10H7ClN2O2. The van der Waals surface area contributed by atoms with Crippen molar-refractivity contribution in [1.29, 1.82) is 0 Å². The van der Waals surface area contributed by atoms with Gasteiger partial charge in [0.1, 0.15) is 0 Å². The molecule has 0 aliphatic rings. The Kier molecular flexibility index (Phi) is 2.28. The zero-order chi connectivity index (χ0) is 11.0.